The van der Waals surface area contributed by atoms with E-state index in [0.717, 1.165) is 0 Å². The highest BCUT2D eigenvalue weighted by molar-refractivity contribution is 5.50. The van der Waals surface area contributed by atoms with E-state index >= 15 is 0 Å². The summed E-state index contributed by atoms with van der Waals surface area (Å²) in [5, 5.41) is 9.43. The van der Waals surface area contributed by atoms with Crippen LogP contribution in [0.4, 0.5) is 13.2 Å². The number of fused-ring (bicyclic) bond motifs is 1. The lowest BCUT2D eigenvalue weighted by Crippen LogP contribution is -2.47. The highest BCUT2D eigenvalue weighted by Gasteiger charge is 2.50. The third kappa shape index (κ3) is 2.32. The summed E-state index contributed by atoms with van der Waals surface area (Å²) >= 11 is 0. The van der Waals surface area contributed by atoms with Crippen molar-refractivity contribution in [2.45, 2.75) is 45.8 Å². The molecule has 1 aliphatic heterocycles. The van der Waals surface area contributed by atoms with Crippen LogP contribution in [0, 0.1) is 5.41 Å². The Balaban J connectivity index is 2.44. The van der Waals surface area contributed by atoms with E-state index in [1.165, 1.54) is 18.2 Å². The van der Waals surface area contributed by atoms with Crippen molar-refractivity contribution in [1.29, 1.82) is 0 Å². The molecule has 2 atom stereocenters. The summed E-state index contributed by atoms with van der Waals surface area (Å²) in [4.78, 5) is 0. The SMILES string of the molecule is CC(C)(C)[C@@]1(C)Oc2cccc([C@H](O)C(F)(F)F)c2O1. The van der Waals surface area contributed by atoms with E-state index in [0.29, 0.717) is 0 Å². The van der Waals surface area contributed by atoms with Crippen LogP contribution in [-0.2, 0) is 0 Å². The third-order valence-electron chi connectivity index (χ3n) is 3.58. The number of ether oxygens (including phenoxy) is 2. The van der Waals surface area contributed by atoms with E-state index in [2.05, 4.69) is 0 Å². The third-order valence-corrected chi connectivity index (χ3v) is 3.58. The van der Waals surface area contributed by atoms with Gasteiger partial charge < -0.3 is 14.6 Å². The number of halogens is 3. The number of hydrogen-bond donors (Lipinski definition) is 1. The van der Waals surface area contributed by atoms with Crippen molar-refractivity contribution >= 4 is 0 Å². The van der Waals surface area contributed by atoms with Crippen molar-refractivity contribution in [3.8, 4) is 11.5 Å². The summed E-state index contributed by atoms with van der Waals surface area (Å²) in [5.41, 5.74) is -0.782. The highest BCUT2D eigenvalue weighted by Crippen LogP contribution is 2.51. The predicted octanol–water partition coefficient (Wildman–Crippen LogP) is 3.82. The minimum absolute atomic E-state index is 0.0465. The van der Waals surface area contributed by atoms with Gasteiger partial charge in [-0.05, 0) is 6.07 Å². The highest BCUT2D eigenvalue weighted by atomic mass is 19.4. The topological polar surface area (TPSA) is 38.7 Å². The van der Waals surface area contributed by atoms with Gasteiger partial charge in [-0.15, -0.1) is 0 Å². The smallest absolute Gasteiger partial charge is 0.418 e. The second-order valence-electron chi connectivity index (χ2n) is 6.02. The zero-order valence-electron chi connectivity index (χ0n) is 11.7. The molecule has 0 aliphatic carbocycles. The molecular weight excluding hydrogens is 273 g/mol. The minimum atomic E-state index is -4.75. The standard InChI is InChI=1S/C14H17F3O3/c1-12(2,3)13(4)19-9-7-5-6-8(10(9)20-13)11(18)14(15,16)17/h5-7,11,18H,1-4H3/t11-,13-/m0/s1. The first kappa shape index (κ1) is 15.0. The Hall–Kier alpha value is -1.43. The second kappa shape index (κ2) is 4.28. The summed E-state index contributed by atoms with van der Waals surface area (Å²) < 4.78 is 49.3. The average molecular weight is 290 g/mol. The first-order chi connectivity index (χ1) is 8.96. The van der Waals surface area contributed by atoms with Crippen molar-refractivity contribution in [1.82, 2.24) is 0 Å². The summed E-state index contributed by atoms with van der Waals surface area (Å²) in [6.07, 6.45) is -7.34. The van der Waals surface area contributed by atoms with Crippen molar-refractivity contribution in [3.05, 3.63) is 23.8 Å². The van der Waals surface area contributed by atoms with E-state index in [9.17, 15) is 18.3 Å². The maximum atomic E-state index is 12.7. The molecule has 20 heavy (non-hydrogen) atoms. The van der Waals surface area contributed by atoms with Crippen LogP contribution in [0.5, 0.6) is 11.5 Å². The van der Waals surface area contributed by atoms with Crippen LogP contribution in [0.25, 0.3) is 0 Å². The zero-order chi connectivity index (χ0) is 15.3. The molecule has 0 spiro atoms. The molecule has 0 aromatic heterocycles. The van der Waals surface area contributed by atoms with Gasteiger partial charge in [0, 0.05) is 17.9 Å². The average Bonchev–Trinajstić information content (AvgIpc) is 2.63. The Morgan fingerprint density at radius 2 is 1.75 bits per heavy atom. The summed E-state index contributed by atoms with van der Waals surface area (Å²) in [5.74, 6) is -0.922. The summed E-state index contributed by atoms with van der Waals surface area (Å²) in [6, 6.07) is 4.12. The van der Waals surface area contributed by atoms with E-state index in [4.69, 9.17) is 9.47 Å². The number of rotatable bonds is 1. The van der Waals surface area contributed by atoms with Crippen LogP contribution in [0.15, 0.2) is 18.2 Å². The molecule has 1 N–H and O–H groups in total. The van der Waals surface area contributed by atoms with Crippen LogP contribution < -0.4 is 9.47 Å². The van der Waals surface area contributed by atoms with Gasteiger partial charge in [0.15, 0.2) is 17.6 Å². The maximum absolute atomic E-state index is 12.7. The second-order valence-corrected chi connectivity index (χ2v) is 6.02. The van der Waals surface area contributed by atoms with Crippen LogP contribution in [0.1, 0.15) is 39.4 Å². The molecule has 6 heteroatoms. The molecule has 0 unspecified atom stereocenters. The van der Waals surface area contributed by atoms with Crippen LogP contribution in [0.3, 0.4) is 0 Å². The lowest BCUT2D eigenvalue weighted by Gasteiger charge is -2.36. The van der Waals surface area contributed by atoms with E-state index in [1.807, 2.05) is 20.8 Å². The van der Waals surface area contributed by atoms with Gasteiger partial charge in [0.25, 0.3) is 5.79 Å². The van der Waals surface area contributed by atoms with Crippen LogP contribution in [0.2, 0.25) is 0 Å². The number of para-hydroxylation sites is 1. The van der Waals surface area contributed by atoms with Gasteiger partial charge in [0.05, 0.1) is 0 Å². The van der Waals surface area contributed by atoms with Gasteiger partial charge in [-0.2, -0.15) is 13.2 Å². The Morgan fingerprint density at radius 1 is 1.15 bits per heavy atom. The van der Waals surface area contributed by atoms with Gasteiger partial charge in [-0.3, -0.25) is 0 Å². The minimum Gasteiger partial charge on any atom is -0.448 e. The van der Waals surface area contributed by atoms with Gasteiger partial charge in [0.2, 0.25) is 0 Å². The van der Waals surface area contributed by atoms with Gasteiger partial charge in [-0.25, -0.2) is 0 Å². The van der Waals surface area contributed by atoms with E-state index in [-0.39, 0.29) is 17.1 Å². The number of alkyl halides is 3. The van der Waals surface area contributed by atoms with Crippen molar-refractivity contribution in [2.24, 2.45) is 5.41 Å². The van der Waals surface area contributed by atoms with Crippen molar-refractivity contribution in [2.75, 3.05) is 0 Å². The van der Waals surface area contributed by atoms with Crippen molar-refractivity contribution < 1.29 is 27.8 Å². The molecule has 0 bridgehead atoms. The predicted molar refractivity (Wildman–Crippen MR) is 66.6 cm³/mol. The molecule has 0 amide bonds. The molecule has 1 aromatic rings. The molecule has 1 aromatic carbocycles. The number of benzene rings is 1. The Bertz CT molecular complexity index is 519. The van der Waals surface area contributed by atoms with Gasteiger partial charge in [-0.1, -0.05) is 32.9 Å². The number of hydrogen-bond acceptors (Lipinski definition) is 3. The first-order valence-corrected chi connectivity index (χ1v) is 6.21. The molecule has 1 aliphatic rings. The molecule has 0 saturated heterocycles. The molecule has 2 rings (SSSR count). The van der Waals surface area contributed by atoms with Crippen molar-refractivity contribution in [3.63, 3.8) is 0 Å². The Morgan fingerprint density at radius 3 is 2.25 bits per heavy atom. The number of aliphatic hydroxyl groups is 1. The monoisotopic (exact) mass is 290 g/mol. The fraction of sp³-hybridized carbons (Fsp3) is 0.571. The molecule has 112 valence electrons. The lowest BCUT2D eigenvalue weighted by atomic mass is 9.87. The molecule has 1 heterocycles. The van der Waals surface area contributed by atoms with E-state index in [1.54, 1.807) is 6.92 Å². The Kier molecular flexibility index (Phi) is 3.20. The van der Waals surface area contributed by atoms with E-state index < -0.39 is 23.5 Å². The van der Waals surface area contributed by atoms with Gasteiger partial charge >= 0.3 is 6.18 Å². The normalized spacial score (nSPS) is 23.8. The number of aliphatic hydroxyl groups excluding tert-OH is 1. The van der Waals surface area contributed by atoms with Crippen LogP contribution >= 0.6 is 0 Å². The lowest BCUT2D eigenvalue weighted by molar-refractivity contribution is -0.207. The zero-order valence-corrected chi connectivity index (χ0v) is 11.7. The van der Waals surface area contributed by atoms with Crippen LogP contribution in [-0.4, -0.2) is 17.1 Å². The molecule has 0 radical (unpaired) electrons. The molecular formula is C14H17F3O3. The quantitative estimate of drug-likeness (QED) is 0.854. The largest absolute Gasteiger partial charge is 0.448 e. The molecule has 3 nitrogen and oxygen atoms in total. The fourth-order valence-corrected chi connectivity index (χ4v) is 1.85. The summed E-state index contributed by atoms with van der Waals surface area (Å²) in [6.45, 7) is 7.24. The molecule has 0 saturated carbocycles. The fourth-order valence-electron chi connectivity index (χ4n) is 1.85. The first-order valence-electron chi connectivity index (χ1n) is 6.21. The van der Waals surface area contributed by atoms with Gasteiger partial charge in [0.1, 0.15) is 0 Å². The summed E-state index contributed by atoms with van der Waals surface area (Å²) in [7, 11) is 0. The molecule has 0 fully saturated rings. The maximum Gasteiger partial charge on any atom is 0.418 e. The Labute approximate surface area is 115 Å².